The van der Waals surface area contributed by atoms with Crippen molar-refractivity contribution >= 4 is 11.9 Å². The molecular weight excluding hydrogens is 342 g/mol. The van der Waals surface area contributed by atoms with Gasteiger partial charge < -0.3 is 10.1 Å². The van der Waals surface area contributed by atoms with Gasteiger partial charge in [-0.15, -0.1) is 0 Å². The van der Waals surface area contributed by atoms with Crippen molar-refractivity contribution in [2.24, 2.45) is 0 Å². The van der Waals surface area contributed by atoms with Gasteiger partial charge in [0.2, 0.25) is 0 Å². The van der Waals surface area contributed by atoms with Crippen molar-refractivity contribution in [2.75, 3.05) is 13.2 Å². The third-order valence-electron chi connectivity index (χ3n) is 4.18. The van der Waals surface area contributed by atoms with Crippen LogP contribution in [0.25, 0.3) is 5.69 Å². The van der Waals surface area contributed by atoms with Gasteiger partial charge in [0.25, 0.3) is 5.91 Å². The first kappa shape index (κ1) is 18.4. The predicted molar refractivity (Wildman–Crippen MR) is 102 cm³/mol. The zero-order valence-electron chi connectivity index (χ0n) is 15.1. The van der Waals surface area contributed by atoms with Gasteiger partial charge in [0, 0.05) is 18.9 Å². The van der Waals surface area contributed by atoms with Crippen LogP contribution in [0.15, 0.2) is 67.0 Å². The predicted octanol–water partition coefficient (Wildman–Crippen LogP) is 2.70. The smallest absolute Gasteiger partial charge is 0.338 e. The van der Waals surface area contributed by atoms with Gasteiger partial charge in [0.1, 0.15) is 0 Å². The average molecular weight is 363 g/mol. The molecule has 0 aliphatic rings. The minimum absolute atomic E-state index is 0.298. The Bertz CT molecular complexity index is 903. The van der Waals surface area contributed by atoms with E-state index in [-0.39, 0.29) is 12.5 Å². The summed E-state index contributed by atoms with van der Waals surface area (Å²) in [5.74, 6) is -0.846. The van der Waals surface area contributed by atoms with Crippen LogP contribution >= 0.6 is 0 Å². The molecule has 138 valence electrons. The fraction of sp³-hybridized carbons (Fsp3) is 0.190. The molecule has 1 N–H and O–H groups in total. The third-order valence-corrected chi connectivity index (χ3v) is 4.18. The second-order valence-corrected chi connectivity index (χ2v) is 6.10. The van der Waals surface area contributed by atoms with Gasteiger partial charge in [-0.3, -0.25) is 4.79 Å². The largest absolute Gasteiger partial charge is 0.452 e. The SMILES string of the molecule is Cc1ccccc1CCNC(=O)COC(=O)c1ccc(-n2cccn2)cc1. The number of rotatable bonds is 7. The maximum Gasteiger partial charge on any atom is 0.338 e. The molecule has 1 amide bonds. The van der Waals surface area contributed by atoms with Crippen molar-refractivity contribution in [3.63, 3.8) is 0 Å². The molecule has 0 aliphatic carbocycles. The highest BCUT2D eigenvalue weighted by Crippen LogP contribution is 2.10. The number of amides is 1. The Labute approximate surface area is 157 Å². The van der Waals surface area contributed by atoms with Gasteiger partial charge in [-0.05, 0) is 54.8 Å². The molecule has 3 aromatic rings. The second-order valence-electron chi connectivity index (χ2n) is 6.10. The standard InChI is InChI=1S/C21H21N3O3/c1-16-5-2-3-6-17(16)11-13-22-20(25)15-27-21(26)18-7-9-19(10-8-18)24-14-4-12-23-24/h2-10,12,14H,11,13,15H2,1H3,(H,22,25). The van der Waals surface area contributed by atoms with Crippen LogP contribution in [0.3, 0.4) is 0 Å². The van der Waals surface area contributed by atoms with Gasteiger partial charge in [0.15, 0.2) is 6.61 Å². The number of benzene rings is 2. The Morgan fingerprint density at radius 2 is 1.85 bits per heavy atom. The number of carbonyl (C=O) groups is 2. The van der Waals surface area contributed by atoms with Crippen molar-refractivity contribution in [1.29, 1.82) is 0 Å². The lowest BCUT2D eigenvalue weighted by Gasteiger charge is -2.08. The van der Waals surface area contributed by atoms with E-state index in [0.29, 0.717) is 12.1 Å². The van der Waals surface area contributed by atoms with Crippen LogP contribution in [0.1, 0.15) is 21.5 Å². The monoisotopic (exact) mass is 363 g/mol. The van der Waals surface area contributed by atoms with Crippen LogP contribution < -0.4 is 5.32 Å². The second kappa shape index (κ2) is 8.80. The van der Waals surface area contributed by atoms with Crippen molar-refractivity contribution < 1.29 is 14.3 Å². The van der Waals surface area contributed by atoms with E-state index in [2.05, 4.69) is 10.4 Å². The molecule has 6 heteroatoms. The van der Waals surface area contributed by atoms with E-state index in [4.69, 9.17) is 4.74 Å². The number of aryl methyl sites for hydroxylation is 1. The Morgan fingerprint density at radius 1 is 1.07 bits per heavy atom. The molecule has 0 fully saturated rings. The maximum absolute atomic E-state index is 12.1. The fourth-order valence-electron chi connectivity index (χ4n) is 2.66. The van der Waals surface area contributed by atoms with Crippen LogP contribution in [0.5, 0.6) is 0 Å². The van der Waals surface area contributed by atoms with Crippen molar-refractivity contribution in [3.8, 4) is 5.69 Å². The molecule has 0 saturated carbocycles. The summed E-state index contributed by atoms with van der Waals surface area (Å²) in [6.45, 7) is 2.24. The maximum atomic E-state index is 12.1. The zero-order valence-corrected chi connectivity index (χ0v) is 15.1. The molecule has 0 bridgehead atoms. The third kappa shape index (κ3) is 5.04. The van der Waals surface area contributed by atoms with Gasteiger partial charge >= 0.3 is 5.97 Å². The average Bonchev–Trinajstić information content (AvgIpc) is 3.22. The van der Waals surface area contributed by atoms with E-state index >= 15 is 0 Å². The number of nitrogens with one attached hydrogen (secondary N) is 1. The van der Waals surface area contributed by atoms with Crippen LogP contribution in [0.2, 0.25) is 0 Å². The number of nitrogens with zero attached hydrogens (tertiary/aromatic N) is 2. The topological polar surface area (TPSA) is 73.2 Å². The first-order chi connectivity index (χ1) is 13.1. The van der Waals surface area contributed by atoms with Crippen LogP contribution in [0, 0.1) is 6.92 Å². The highest BCUT2D eigenvalue weighted by molar-refractivity contribution is 5.91. The summed E-state index contributed by atoms with van der Waals surface area (Å²) in [4.78, 5) is 23.9. The fourth-order valence-corrected chi connectivity index (χ4v) is 2.66. The Balaban J connectivity index is 1.43. The molecule has 0 spiro atoms. The van der Waals surface area contributed by atoms with Crippen molar-refractivity contribution in [2.45, 2.75) is 13.3 Å². The summed E-state index contributed by atoms with van der Waals surface area (Å²) in [6.07, 6.45) is 4.23. The lowest BCUT2D eigenvalue weighted by Crippen LogP contribution is -2.30. The van der Waals surface area contributed by atoms with Gasteiger partial charge in [-0.2, -0.15) is 5.10 Å². The number of esters is 1. The Hall–Kier alpha value is -3.41. The first-order valence-electron chi connectivity index (χ1n) is 8.72. The molecule has 6 nitrogen and oxygen atoms in total. The van der Waals surface area contributed by atoms with Gasteiger partial charge in [-0.1, -0.05) is 24.3 Å². The molecule has 1 aromatic heterocycles. The Morgan fingerprint density at radius 3 is 2.56 bits per heavy atom. The molecule has 0 aliphatic heterocycles. The number of hydrogen-bond donors (Lipinski definition) is 1. The molecule has 27 heavy (non-hydrogen) atoms. The lowest BCUT2D eigenvalue weighted by atomic mass is 10.1. The normalized spacial score (nSPS) is 10.4. The van der Waals surface area contributed by atoms with Crippen LogP contribution in [-0.4, -0.2) is 34.8 Å². The first-order valence-corrected chi connectivity index (χ1v) is 8.72. The van der Waals surface area contributed by atoms with Crippen LogP contribution in [-0.2, 0) is 16.0 Å². The summed E-state index contributed by atoms with van der Waals surface area (Å²) in [5.41, 5.74) is 3.60. The summed E-state index contributed by atoms with van der Waals surface area (Å²) >= 11 is 0. The highest BCUT2D eigenvalue weighted by atomic mass is 16.5. The molecular formula is C21H21N3O3. The van der Waals surface area contributed by atoms with Crippen molar-refractivity contribution in [3.05, 3.63) is 83.7 Å². The van der Waals surface area contributed by atoms with Gasteiger partial charge in [-0.25, -0.2) is 9.48 Å². The molecule has 0 unspecified atom stereocenters. The molecule has 2 aromatic carbocycles. The van der Waals surface area contributed by atoms with E-state index in [1.807, 2.05) is 43.5 Å². The van der Waals surface area contributed by atoms with Crippen molar-refractivity contribution in [1.82, 2.24) is 15.1 Å². The van der Waals surface area contributed by atoms with E-state index < -0.39 is 5.97 Å². The minimum Gasteiger partial charge on any atom is -0.452 e. The summed E-state index contributed by atoms with van der Waals surface area (Å²) in [6, 6.07) is 16.7. The number of carbonyl (C=O) groups excluding carboxylic acids is 2. The number of ether oxygens (including phenoxy) is 1. The minimum atomic E-state index is -0.531. The Kier molecular flexibility index (Phi) is 5.99. The zero-order chi connectivity index (χ0) is 19.1. The summed E-state index contributed by atoms with van der Waals surface area (Å²) in [7, 11) is 0. The lowest BCUT2D eigenvalue weighted by molar-refractivity contribution is -0.124. The molecule has 0 atom stereocenters. The summed E-state index contributed by atoms with van der Waals surface area (Å²) < 4.78 is 6.77. The van der Waals surface area contributed by atoms with E-state index in [0.717, 1.165) is 12.1 Å². The molecule has 3 rings (SSSR count). The van der Waals surface area contributed by atoms with E-state index in [9.17, 15) is 9.59 Å². The number of hydrogen-bond acceptors (Lipinski definition) is 4. The summed E-state index contributed by atoms with van der Waals surface area (Å²) in [5, 5.41) is 6.89. The number of aromatic nitrogens is 2. The molecule has 1 heterocycles. The molecule has 0 saturated heterocycles. The molecule has 0 radical (unpaired) electrons. The quantitative estimate of drug-likeness (QED) is 0.655. The van der Waals surface area contributed by atoms with Gasteiger partial charge in [0.05, 0.1) is 11.3 Å². The van der Waals surface area contributed by atoms with E-state index in [1.165, 1.54) is 11.1 Å². The highest BCUT2D eigenvalue weighted by Gasteiger charge is 2.10. The van der Waals surface area contributed by atoms with E-state index in [1.54, 1.807) is 35.1 Å². The van der Waals surface area contributed by atoms with Crippen LogP contribution in [0.4, 0.5) is 0 Å².